The van der Waals surface area contributed by atoms with Crippen LogP contribution in [0.3, 0.4) is 0 Å². The number of hydrogen-bond donors (Lipinski definition) is 2. The largest absolute Gasteiger partial charge is 0.497 e. The van der Waals surface area contributed by atoms with Crippen LogP contribution in [-0.4, -0.2) is 42.2 Å². The zero-order valence-corrected chi connectivity index (χ0v) is 22.3. The van der Waals surface area contributed by atoms with Crippen LogP contribution in [0.15, 0.2) is 71.6 Å². The molecule has 0 spiro atoms. The number of anilines is 3. The van der Waals surface area contributed by atoms with Gasteiger partial charge in [0.2, 0.25) is 15.9 Å². The molecule has 0 saturated carbocycles. The maximum absolute atomic E-state index is 12.9. The van der Waals surface area contributed by atoms with Gasteiger partial charge in [0.1, 0.15) is 11.8 Å². The van der Waals surface area contributed by atoms with Gasteiger partial charge in [-0.05, 0) is 92.6 Å². The molecule has 0 radical (unpaired) electrons. The summed E-state index contributed by atoms with van der Waals surface area (Å²) in [4.78, 5) is 12.9. The fourth-order valence-electron chi connectivity index (χ4n) is 3.52. The van der Waals surface area contributed by atoms with Crippen molar-refractivity contribution in [1.82, 2.24) is 0 Å². The van der Waals surface area contributed by atoms with E-state index in [1.165, 1.54) is 38.3 Å². The Labute approximate surface area is 212 Å². The predicted molar refractivity (Wildman–Crippen MR) is 142 cm³/mol. The average molecular weight is 532 g/mol. The molecular formula is C25H29N3O6S2. The van der Waals surface area contributed by atoms with E-state index in [0.29, 0.717) is 22.8 Å². The van der Waals surface area contributed by atoms with Crippen molar-refractivity contribution >= 4 is 43.0 Å². The highest BCUT2D eigenvalue weighted by Crippen LogP contribution is 2.25. The Morgan fingerprint density at radius 2 is 1.44 bits per heavy atom. The van der Waals surface area contributed by atoms with Crippen LogP contribution in [0.1, 0.15) is 18.1 Å². The number of ether oxygens (including phenoxy) is 1. The molecule has 0 aliphatic rings. The van der Waals surface area contributed by atoms with Gasteiger partial charge in [-0.3, -0.25) is 13.8 Å². The molecule has 2 N–H and O–H groups in total. The number of sulfonamides is 2. The molecule has 9 nitrogen and oxygen atoms in total. The molecule has 36 heavy (non-hydrogen) atoms. The summed E-state index contributed by atoms with van der Waals surface area (Å²) in [6.45, 7) is 5.30. The van der Waals surface area contributed by atoms with Crippen LogP contribution in [0.2, 0.25) is 0 Å². The van der Waals surface area contributed by atoms with Gasteiger partial charge in [0.05, 0.1) is 23.9 Å². The highest BCUT2D eigenvalue weighted by molar-refractivity contribution is 7.92. The van der Waals surface area contributed by atoms with Crippen LogP contribution < -0.4 is 19.1 Å². The van der Waals surface area contributed by atoms with E-state index in [0.717, 1.165) is 21.7 Å². The molecule has 11 heteroatoms. The molecule has 3 aromatic rings. The van der Waals surface area contributed by atoms with E-state index in [9.17, 15) is 21.6 Å². The minimum Gasteiger partial charge on any atom is -0.497 e. The van der Waals surface area contributed by atoms with Gasteiger partial charge in [0.25, 0.3) is 10.0 Å². The highest BCUT2D eigenvalue weighted by atomic mass is 32.2. The summed E-state index contributed by atoms with van der Waals surface area (Å²) in [7, 11) is -6.14. The predicted octanol–water partition coefficient (Wildman–Crippen LogP) is 3.91. The lowest BCUT2D eigenvalue weighted by atomic mass is 10.1. The van der Waals surface area contributed by atoms with Crippen molar-refractivity contribution in [3.05, 3.63) is 77.9 Å². The molecule has 0 bridgehead atoms. The Kier molecular flexibility index (Phi) is 7.95. The number of amides is 1. The van der Waals surface area contributed by atoms with Crippen molar-refractivity contribution in [3.63, 3.8) is 0 Å². The molecule has 0 heterocycles. The number of rotatable bonds is 9. The second kappa shape index (κ2) is 10.6. The molecule has 0 unspecified atom stereocenters. The van der Waals surface area contributed by atoms with Gasteiger partial charge in [-0.25, -0.2) is 16.8 Å². The number of nitrogens with one attached hydrogen (secondary N) is 2. The van der Waals surface area contributed by atoms with Crippen molar-refractivity contribution in [3.8, 4) is 5.75 Å². The van der Waals surface area contributed by atoms with Gasteiger partial charge in [-0.2, -0.15) is 0 Å². The smallest absolute Gasteiger partial charge is 0.261 e. The maximum Gasteiger partial charge on any atom is 0.261 e. The van der Waals surface area contributed by atoms with Crippen molar-refractivity contribution < 1.29 is 26.4 Å². The number of carbonyl (C=O) groups is 1. The van der Waals surface area contributed by atoms with Gasteiger partial charge in [-0.15, -0.1) is 0 Å². The number of methoxy groups -OCH3 is 1. The van der Waals surface area contributed by atoms with E-state index in [-0.39, 0.29) is 4.90 Å². The van der Waals surface area contributed by atoms with Crippen molar-refractivity contribution in [2.45, 2.75) is 31.7 Å². The van der Waals surface area contributed by atoms with Crippen molar-refractivity contribution in [2.75, 3.05) is 27.7 Å². The zero-order chi connectivity index (χ0) is 26.7. The van der Waals surface area contributed by atoms with Crippen LogP contribution in [0, 0.1) is 13.8 Å². The lowest BCUT2D eigenvalue weighted by molar-refractivity contribution is -0.116. The first kappa shape index (κ1) is 27.0. The van der Waals surface area contributed by atoms with E-state index in [1.807, 2.05) is 19.9 Å². The summed E-state index contributed by atoms with van der Waals surface area (Å²) in [6.07, 6.45) is 1.02. The van der Waals surface area contributed by atoms with E-state index < -0.39 is 32.0 Å². The first-order chi connectivity index (χ1) is 16.8. The minimum atomic E-state index is -3.84. The molecule has 1 amide bonds. The summed E-state index contributed by atoms with van der Waals surface area (Å²) in [5.74, 6) is -0.0357. The third-order valence-electron chi connectivity index (χ3n) is 5.61. The highest BCUT2D eigenvalue weighted by Gasteiger charge is 2.29. The molecule has 3 rings (SSSR count). The van der Waals surface area contributed by atoms with Gasteiger partial charge in [0, 0.05) is 11.4 Å². The second-order valence-electron chi connectivity index (χ2n) is 8.35. The molecule has 0 fully saturated rings. The maximum atomic E-state index is 12.9. The topological polar surface area (TPSA) is 122 Å². The molecule has 0 saturated heterocycles. The van der Waals surface area contributed by atoms with Gasteiger partial charge < -0.3 is 10.1 Å². The van der Waals surface area contributed by atoms with Crippen molar-refractivity contribution in [1.29, 1.82) is 0 Å². The third kappa shape index (κ3) is 6.35. The van der Waals surface area contributed by atoms with Crippen LogP contribution in [-0.2, 0) is 24.8 Å². The SMILES string of the molecule is COc1ccc(N([C@@H](C)C(=O)Nc2ccc(S(=O)(=O)Nc3ccc(C)c(C)c3)cc2)S(C)(=O)=O)cc1. The van der Waals surface area contributed by atoms with Crippen LogP contribution in [0.25, 0.3) is 0 Å². The van der Waals surface area contributed by atoms with Crippen LogP contribution in [0.5, 0.6) is 5.75 Å². The second-order valence-corrected chi connectivity index (χ2v) is 11.9. The molecule has 0 aromatic heterocycles. The standard InChI is InChI=1S/C25H29N3O6S2/c1-17-6-7-21(16-18(17)2)27-36(32,33)24-14-8-20(9-15-24)26-25(29)19(3)28(35(5,30)31)22-10-12-23(34-4)13-11-22/h6-16,19,27H,1-5H3,(H,26,29)/t19-/m0/s1. The Bertz CT molecular complexity index is 1450. The Morgan fingerprint density at radius 3 is 1.97 bits per heavy atom. The number of aryl methyl sites for hydroxylation is 2. The Morgan fingerprint density at radius 1 is 0.861 bits per heavy atom. The first-order valence-electron chi connectivity index (χ1n) is 11.0. The van der Waals surface area contributed by atoms with Crippen LogP contribution >= 0.6 is 0 Å². The van der Waals surface area contributed by atoms with Crippen LogP contribution in [0.4, 0.5) is 17.1 Å². The van der Waals surface area contributed by atoms with Gasteiger partial charge in [-0.1, -0.05) is 6.07 Å². The van der Waals surface area contributed by atoms with E-state index >= 15 is 0 Å². The lowest BCUT2D eigenvalue weighted by Crippen LogP contribution is -2.45. The molecule has 0 aliphatic heterocycles. The normalized spacial score (nSPS) is 12.5. The van der Waals surface area contributed by atoms with E-state index in [1.54, 1.807) is 36.4 Å². The summed E-state index contributed by atoms with van der Waals surface area (Å²) in [6, 6.07) is 16.1. The summed E-state index contributed by atoms with van der Waals surface area (Å²) >= 11 is 0. The molecule has 0 aliphatic carbocycles. The Balaban J connectivity index is 1.76. The fourth-order valence-corrected chi connectivity index (χ4v) is 5.75. The third-order valence-corrected chi connectivity index (χ3v) is 8.25. The molecule has 3 aromatic carbocycles. The number of nitrogens with zero attached hydrogens (tertiary/aromatic N) is 1. The number of benzene rings is 3. The van der Waals surface area contributed by atoms with E-state index in [4.69, 9.17) is 4.74 Å². The molecule has 1 atom stereocenters. The summed E-state index contributed by atoms with van der Waals surface area (Å²) in [5.41, 5.74) is 3.08. The zero-order valence-electron chi connectivity index (χ0n) is 20.6. The monoisotopic (exact) mass is 531 g/mol. The lowest BCUT2D eigenvalue weighted by Gasteiger charge is -2.28. The molecular weight excluding hydrogens is 502 g/mol. The van der Waals surface area contributed by atoms with Gasteiger partial charge >= 0.3 is 0 Å². The Hall–Kier alpha value is -3.57. The van der Waals surface area contributed by atoms with Gasteiger partial charge in [0.15, 0.2) is 0 Å². The summed E-state index contributed by atoms with van der Waals surface area (Å²) < 4.78 is 59.1. The number of hydrogen-bond acceptors (Lipinski definition) is 6. The fraction of sp³-hybridized carbons (Fsp3) is 0.240. The first-order valence-corrected chi connectivity index (χ1v) is 14.3. The van der Waals surface area contributed by atoms with E-state index in [2.05, 4.69) is 10.0 Å². The molecule has 192 valence electrons. The minimum absolute atomic E-state index is 0.0165. The summed E-state index contributed by atoms with van der Waals surface area (Å²) in [5, 5.41) is 2.64. The average Bonchev–Trinajstić information content (AvgIpc) is 2.81. The van der Waals surface area contributed by atoms with Crippen molar-refractivity contribution in [2.24, 2.45) is 0 Å². The quantitative estimate of drug-likeness (QED) is 0.432. The number of carbonyl (C=O) groups excluding carboxylic acids is 1.